The molecular formula is C13H16N4O. The Labute approximate surface area is 106 Å². The van der Waals surface area contributed by atoms with E-state index in [1.54, 1.807) is 6.33 Å². The molecular weight excluding hydrogens is 228 g/mol. The maximum absolute atomic E-state index is 5.78. The molecule has 0 atom stereocenters. The van der Waals surface area contributed by atoms with Gasteiger partial charge < -0.3 is 15.4 Å². The van der Waals surface area contributed by atoms with Gasteiger partial charge in [-0.3, -0.25) is 0 Å². The standard InChI is InChI=1S/C13H16N4O/c14-10-2-3-11-12(8-10)15-9-16-13(11)17-4-1-6-18-7-5-17/h2-3,8-9H,1,4-7,14H2. The number of anilines is 2. The fraction of sp³-hybridized carbons (Fsp3) is 0.385. The lowest BCUT2D eigenvalue weighted by atomic mass is 10.2. The molecule has 94 valence electrons. The first-order valence-electron chi connectivity index (χ1n) is 6.17. The molecule has 1 fully saturated rings. The van der Waals surface area contributed by atoms with Crippen LogP contribution in [0.5, 0.6) is 0 Å². The van der Waals surface area contributed by atoms with Gasteiger partial charge in [0.15, 0.2) is 0 Å². The average molecular weight is 244 g/mol. The van der Waals surface area contributed by atoms with Crippen LogP contribution < -0.4 is 10.6 Å². The molecule has 3 rings (SSSR count). The second-order valence-corrected chi connectivity index (χ2v) is 4.43. The van der Waals surface area contributed by atoms with Crippen LogP contribution in [0, 0.1) is 0 Å². The van der Waals surface area contributed by atoms with E-state index in [1.165, 1.54) is 0 Å². The number of hydrogen-bond donors (Lipinski definition) is 1. The molecule has 18 heavy (non-hydrogen) atoms. The summed E-state index contributed by atoms with van der Waals surface area (Å²) >= 11 is 0. The monoisotopic (exact) mass is 244 g/mol. The number of rotatable bonds is 1. The normalized spacial score (nSPS) is 16.8. The van der Waals surface area contributed by atoms with Crippen molar-refractivity contribution in [1.29, 1.82) is 0 Å². The summed E-state index contributed by atoms with van der Waals surface area (Å²) in [5, 5.41) is 1.05. The van der Waals surface area contributed by atoms with E-state index in [0.717, 1.165) is 55.1 Å². The summed E-state index contributed by atoms with van der Waals surface area (Å²) in [5.41, 5.74) is 7.41. The van der Waals surface area contributed by atoms with Crippen molar-refractivity contribution in [3.63, 3.8) is 0 Å². The maximum Gasteiger partial charge on any atom is 0.139 e. The van der Waals surface area contributed by atoms with Gasteiger partial charge in [0.2, 0.25) is 0 Å². The third-order valence-electron chi connectivity index (χ3n) is 3.16. The molecule has 2 heterocycles. The molecule has 1 aromatic carbocycles. The van der Waals surface area contributed by atoms with Crippen LogP contribution in [-0.4, -0.2) is 36.3 Å². The van der Waals surface area contributed by atoms with E-state index in [0.29, 0.717) is 0 Å². The Hall–Kier alpha value is -1.88. The van der Waals surface area contributed by atoms with Crippen LogP contribution in [0.25, 0.3) is 10.9 Å². The third-order valence-corrected chi connectivity index (χ3v) is 3.16. The van der Waals surface area contributed by atoms with Gasteiger partial charge in [0.1, 0.15) is 12.1 Å². The highest BCUT2D eigenvalue weighted by molar-refractivity contribution is 5.91. The Morgan fingerprint density at radius 1 is 1.17 bits per heavy atom. The van der Waals surface area contributed by atoms with Crippen LogP contribution in [0.3, 0.4) is 0 Å². The Morgan fingerprint density at radius 3 is 3.06 bits per heavy atom. The van der Waals surface area contributed by atoms with E-state index >= 15 is 0 Å². The van der Waals surface area contributed by atoms with Gasteiger partial charge in [-0.05, 0) is 24.6 Å². The lowest BCUT2D eigenvalue weighted by Crippen LogP contribution is -2.27. The molecule has 1 aromatic heterocycles. The molecule has 0 saturated carbocycles. The fourth-order valence-corrected chi connectivity index (χ4v) is 2.27. The predicted octanol–water partition coefficient (Wildman–Crippen LogP) is 1.44. The highest BCUT2D eigenvalue weighted by atomic mass is 16.5. The molecule has 0 amide bonds. The van der Waals surface area contributed by atoms with Gasteiger partial charge in [0, 0.05) is 30.8 Å². The second-order valence-electron chi connectivity index (χ2n) is 4.43. The Balaban J connectivity index is 2.04. The maximum atomic E-state index is 5.78. The molecule has 2 N–H and O–H groups in total. The van der Waals surface area contributed by atoms with Gasteiger partial charge in [0.05, 0.1) is 12.1 Å². The van der Waals surface area contributed by atoms with Crippen molar-refractivity contribution < 1.29 is 4.74 Å². The first kappa shape index (κ1) is 11.2. The van der Waals surface area contributed by atoms with E-state index in [-0.39, 0.29) is 0 Å². The lowest BCUT2D eigenvalue weighted by molar-refractivity contribution is 0.152. The highest BCUT2D eigenvalue weighted by Crippen LogP contribution is 2.25. The van der Waals surface area contributed by atoms with E-state index in [1.807, 2.05) is 18.2 Å². The lowest BCUT2D eigenvalue weighted by Gasteiger charge is -2.21. The summed E-state index contributed by atoms with van der Waals surface area (Å²) in [6.07, 6.45) is 2.63. The Kier molecular flexibility index (Phi) is 2.98. The fourth-order valence-electron chi connectivity index (χ4n) is 2.27. The summed E-state index contributed by atoms with van der Waals surface area (Å²) in [4.78, 5) is 10.9. The minimum atomic E-state index is 0.728. The number of nitrogen functional groups attached to an aromatic ring is 1. The van der Waals surface area contributed by atoms with Gasteiger partial charge in [-0.15, -0.1) is 0 Å². The first-order valence-corrected chi connectivity index (χ1v) is 6.17. The molecule has 0 unspecified atom stereocenters. The van der Waals surface area contributed by atoms with Crippen molar-refractivity contribution in [3.05, 3.63) is 24.5 Å². The number of nitrogens with zero attached hydrogens (tertiary/aromatic N) is 3. The largest absolute Gasteiger partial charge is 0.399 e. The second kappa shape index (κ2) is 4.78. The SMILES string of the molecule is Nc1ccc2c(N3CCCOCC3)ncnc2c1. The van der Waals surface area contributed by atoms with Crippen LogP contribution in [-0.2, 0) is 4.74 Å². The summed E-state index contributed by atoms with van der Waals surface area (Å²) in [7, 11) is 0. The van der Waals surface area contributed by atoms with Gasteiger partial charge in [0.25, 0.3) is 0 Å². The summed E-state index contributed by atoms with van der Waals surface area (Å²) in [5.74, 6) is 0.977. The summed E-state index contributed by atoms with van der Waals surface area (Å²) in [6, 6.07) is 5.77. The van der Waals surface area contributed by atoms with Crippen LogP contribution in [0.4, 0.5) is 11.5 Å². The summed E-state index contributed by atoms with van der Waals surface area (Å²) < 4.78 is 5.47. The molecule has 5 heteroatoms. The number of hydrogen-bond acceptors (Lipinski definition) is 5. The van der Waals surface area contributed by atoms with Gasteiger partial charge in [-0.1, -0.05) is 0 Å². The molecule has 1 aliphatic rings. The van der Waals surface area contributed by atoms with Crippen molar-refractivity contribution in [3.8, 4) is 0 Å². The van der Waals surface area contributed by atoms with Crippen LogP contribution in [0.1, 0.15) is 6.42 Å². The van der Waals surface area contributed by atoms with E-state index in [2.05, 4.69) is 14.9 Å². The Morgan fingerprint density at radius 2 is 2.11 bits per heavy atom. The zero-order chi connectivity index (χ0) is 12.4. The molecule has 0 spiro atoms. The quantitative estimate of drug-likeness (QED) is 0.769. The van der Waals surface area contributed by atoms with Crippen molar-refractivity contribution in [2.45, 2.75) is 6.42 Å². The van der Waals surface area contributed by atoms with Crippen molar-refractivity contribution >= 4 is 22.4 Å². The van der Waals surface area contributed by atoms with Gasteiger partial charge in [-0.25, -0.2) is 9.97 Å². The topological polar surface area (TPSA) is 64.3 Å². The molecule has 0 radical (unpaired) electrons. The molecule has 2 aromatic rings. The minimum Gasteiger partial charge on any atom is -0.399 e. The highest BCUT2D eigenvalue weighted by Gasteiger charge is 2.14. The third kappa shape index (κ3) is 2.09. The van der Waals surface area contributed by atoms with Crippen LogP contribution in [0.2, 0.25) is 0 Å². The number of fused-ring (bicyclic) bond motifs is 1. The van der Waals surface area contributed by atoms with Crippen molar-refractivity contribution in [2.75, 3.05) is 36.9 Å². The zero-order valence-electron chi connectivity index (χ0n) is 10.2. The van der Waals surface area contributed by atoms with Gasteiger partial charge in [-0.2, -0.15) is 0 Å². The van der Waals surface area contributed by atoms with E-state index < -0.39 is 0 Å². The number of nitrogens with two attached hydrogens (primary N) is 1. The number of benzene rings is 1. The zero-order valence-corrected chi connectivity index (χ0v) is 10.2. The van der Waals surface area contributed by atoms with Crippen molar-refractivity contribution in [1.82, 2.24) is 9.97 Å². The minimum absolute atomic E-state index is 0.728. The predicted molar refractivity (Wildman–Crippen MR) is 71.6 cm³/mol. The number of aromatic nitrogens is 2. The van der Waals surface area contributed by atoms with Gasteiger partial charge >= 0.3 is 0 Å². The molecule has 0 bridgehead atoms. The average Bonchev–Trinajstić information content (AvgIpc) is 2.66. The van der Waals surface area contributed by atoms with Crippen LogP contribution >= 0.6 is 0 Å². The van der Waals surface area contributed by atoms with E-state index in [9.17, 15) is 0 Å². The molecule has 0 aliphatic carbocycles. The summed E-state index contributed by atoms with van der Waals surface area (Å²) in [6.45, 7) is 3.42. The Bertz CT molecular complexity index is 550. The van der Waals surface area contributed by atoms with Crippen LogP contribution in [0.15, 0.2) is 24.5 Å². The van der Waals surface area contributed by atoms with E-state index in [4.69, 9.17) is 10.5 Å². The van der Waals surface area contributed by atoms with Crippen molar-refractivity contribution in [2.24, 2.45) is 0 Å². The molecule has 1 saturated heterocycles. The number of ether oxygens (including phenoxy) is 1. The smallest absolute Gasteiger partial charge is 0.139 e. The first-order chi connectivity index (χ1) is 8.84. The molecule has 5 nitrogen and oxygen atoms in total. The molecule has 1 aliphatic heterocycles.